The Kier molecular flexibility index (Phi) is 31.1. The Morgan fingerprint density at radius 1 is 1.00 bits per heavy atom. The highest BCUT2D eigenvalue weighted by Gasteiger charge is 1.75. The quantitative estimate of drug-likeness (QED) is 0.520. The summed E-state index contributed by atoms with van der Waals surface area (Å²) >= 11 is 0. The minimum atomic E-state index is -0.245. The zero-order valence-electron chi connectivity index (χ0n) is 11.3. The van der Waals surface area contributed by atoms with E-state index in [1.807, 2.05) is 13.8 Å². The Bertz CT molecular complexity index is 113. The molecule has 0 aliphatic heterocycles. The van der Waals surface area contributed by atoms with Crippen molar-refractivity contribution in [3.63, 3.8) is 0 Å². The normalized spacial score (nSPS) is 8.35. The highest BCUT2D eigenvalue weighted by Crippen LogP contribution is 1.67. The van der Waals surface area contributed by atoms with Crippen molar-refractivity contribution in [3.8, 4) is 0 Å². The summed E-state index contributed by atoms with van der Waals surface area (Å²) in [5, 5.41) is 16.1. The number of esters is 1. The lowest BCUT2D eigenvalue weighted by Gasteiger charge is -1.91. The first-order chi connectivity index (χ1) is 8.10. The van der Waals surface area contributed by atoms with E-state index in [1.165, 1.54) is 14.0 Å². The lowest BCUT2D eigenvalue weighted by molar-refractivity contribution is -0.137. The van der Waals surface area contributed by atoms with E-state index in [9.17, 15) is 4.79 Å². The molecule has 6 heteroatoms. The molecule has 0 aromatic carbocycles. The number of ether oxygens (including phenoxy) is 3. The highest BCUT2D eigenvalue weighted by molar-refractivity contribution is 5.65. The van der Waals surface area contributed by atoms with Crippen LogP contribution in [0.3, 0.4) is 0 Å². The number of hydrogen-bond acceptors (Lipinski definition) is 6. The Morgan fingerprint density at radius 2 is 1.29 bits per heavy atom. The Morgan fingerprint density at radius 3 is 1.35 bits per heavy atom. The maximum absolute atomic E-state index is 9.59. The monoisotopic (exact) mass is 254 g/mol. The number of rotatable bonds is 6. The number of methoxy groups -OCH3 is 1. The van der Waals surface area contributed by atoms with E-state index in [-0.39, 0.29) is 19.2 Å². The molecular formula is C11H26O6. The number of aliphatic hydroxyl groups excluding tert-OH is 2. The van der Waals surface area contributed by atoms with Crippen LogP contribution in [0.25, 0.3) is 0 Å². The van der Waals surface area contributed by atoms with Gasteiger partial charge in [-0.25, -0.2) is 0 Å². The highest BCUT2D eigenvalue weighted by atomic mass is 16.5. The molecule has 106 valence electrons. The minimum absolute atomic E-state index is 0.133. The molecule has 0 bridgehead atoms. The molecule has 6 nitrogen and oxygen atoms in total. The van der Waals surface area contributed by atoms with Crippen LogP contribution in [0.2, 0.25) is 0 Å². The Balaban J connectivity index is -0.000000174. The number of carbonyl (C=O) groups excluding carboxylic acids is 1. The van der Waals surface area contributed by atoms with Gasteiger partial charge >= 0.3 is 5.97 Å². The smallest absolute Gasteiger partial charge is 0.302 e. The van der Waals surface area contributed by atoms with Gasteiger partial charge in [0.15, 0.2) is 0 Å². The molecule has 0 aliphatic rings. The van der Waals surface area contributed by atoms with E-state index in [0.29, 0.717) is 26.4 Å². The van der Waals surface area contributed by atoms with Crippen molar-refractivity contribution < 1.29 is 29.2 Å². The van der Waals surface area contributed by atoms with Gasteiger partial charge in [-0.1, -0.05) is 0 Å². The molecule has 0 saturated heterocycles. The first-order valence-corrected chi connectivity index (χ1v) is 5.52. The van der Waals surface area contributed by atoms with Gasteiger partial charge < -0.3 is 24.4 Å². The maximum atomic E-state index is 9.59. The summed E-state index contributed by atoms with van der Waals surface area (Å²) in [6.45, 7) is 7.75. The van der Waals surface area contributed by atoms with Gasteiger partial charge in [-0.15, -0.1) is 0 Å². The molecule has 0 radical (unpaired) electrons. The van der Waals surface area contributed by atoms with E-state index in [0.717, 1.165) is 0 Å². The predicted octanol–water partition coefficient (Wildman–Crippen LogP) is 0.210. The van der Waals surface area contributed by atoms with Gasteiger partial charge in [-0.05, 0) is 13.8 Å². The Hall–Kier alpha value is -0.690. The van der Waals surface area contributed by atoms with Gasteiger partial charge in [-0.3, -0.25) is 4.79 Å². The molecule has 0 aliphatic carbocycles. The zero-order chi connectivity index (χ0) is 13.9. The van der Waals surface area contributed by atoms with E-state index in [2.05, 4.69) is 4.74 Å². The van der Waals surface area contributed by atoms with Crippen LogP contribution in [0.1, 0.15) is 20.8 Å². The number of carbonyl (C=O) groups is 1. The summed E-state index contributed by atoms with van der Waals surface area (Å²) in [5.41, 5.74) is 0. The standard InChI is InChI=1S/2C4H10O2.C3H6O2/c2*1-2-6-4-3-5;1-3(4)5-2/h2*5H,2-4H2,1H3;1-2H3. The maximum Gasteiger partial charge on any atom is 0.302 e. The molecule has 0 unspecified atom stereocenters. The lowest BCUT2D eigenvalue weighted by Crippen LogP contribution is -1.96. The first kappa shape index (κ1) is 21.6. The van der Waals surface area contributed by atoms with Crippen molar-refractivity contribution in [1.82, 2.24) is 0 Å². The summed E-state index contributed by atoms with van der Waals surface area (Å²) < 4.78 is 13.6. The van der Waals surface area contributed by atoms with Crippen molar-refractivity contribution in [3.05, 3.63) is 0 Å². The zero-order valence-corrected chi connectivity index (χ0v) is 11.3. The third kappa shape index (κ3) is 50.8. The lowest BCUT2D eigenvalue weighted by atomic mass is 10.8. The van der Waals surface area contributed by atoms with Gasteiger partial charge in [0.25, 0.3) is 0 Å². The first-order valence-electron chi connectivity index (χ1n) is 5.52. The van der Waals surface area contributed by atoms with Crippen molar-refractivity contribution in [2.24, 2.45) is 0 Å². The summed E-state index contributed by atoms with van der Waals surface area (Å²) in [5.74, 6) is -0.245. The van der Waals surface area contributed by atoms with Crippen molar-refractivity contribution in [1.29, 1.82) is 0 Å². The molecule has 0 aromatic heterocycles. The fraction of sp³-hybridized carbons (Fsp3) is 0.909. The second kappa shape index (κ2) is 24.5. The van der Waals surface area contributed by atoms with E-state index in [1.54, 1.807) is 0 Å². The van der Waals surface area contributed by atoms with Crippen LogP contribution in [0.15, 0.2) is 0 Å². The summed E-state index contributed by atoms with van der Waals surface area (Å²) in [4.78, 5) is 9.59. The van der Waals surface area contributed by atoms with Crippen LogP contribution in [-0.2, 0) is 19.0 Å². The van der Waals surface area contributed by atoms with Gasteiger partial charge in [0, 0.05) is 20.1 Å². The van der Waals surface area contributed by atoms with E-state index in [4.69, 9.17) is 19.7 Å². The molecule has 2 N–H and O–H groups in total. The largest absolute Gasteiger partial charge is 0.469 e. The third-order valence-corrected chi connectivity index (χ3v) is 1.17. The van der Waals surface area contributed by atoms with Crippen LogP contribution in [0.4, 0.5) is 0 Å². The summed E-state index contributed by atoms with van der Waals surface area (Å²) in [6, 6.07) is 0. The summed E-state index contributed by atoms with van der Waals surface area (Å²) in [7, 11) is 1.35. The fourth-order valence-electron chi connectivity index (χ4n) is 0.418. The predicted molar refractivity (Wildman–Crippen MR) is 64.8 cm³/mol. The average molecular weight is 254 g/mol. The molecule has 0 atom stereocenters. The number of aliphatic hydroxyl groups is 2. The number of hydrogen-bond donors (Lipinski definition) is 2. The molecule has 0 amide bonds. The van der Waals surface area contributed by atoms with E-state index >= 15 is 0 Å². The van der Waals surface area contributed by atoms with Crippen molar-refractivity contribution >= 4 is 5.97 Å². The summed E-state index contributed by atoms with van der Waals surface area (Å²) in [6.07, 6.45) is 0. The van der Waals surface area contributed by atoms with Crippen LogP contribution in [0.5, 0.6) is 0 Å². The molecule has 0 heterocycles. The van der Waals surface area contributed by atoms with E-state index < -0.39 is 0 Å². The topological polar surface area (TPSA) is 85.2 Å². The van der Waals surface area contributed by atoms with Crippen LogP contribution >= 0.6 is 0 Å². The fourth-order valence-corrected chi connectivity index (χ4v) is 0.418. The van der Waals surface area contributed by atoms with Crippen LogP contribution in [0, 0.1) is 0 Å². The molecule has 0 rings (SSSR count). The molecule has 17 heavy (non-hydrogen) atoms. The average Bonchev–Trinajstić information content (AvgIpc) is 2.35. The molecular weight excluding hydrogens is 228 g/mol. The van der Waals surface area contributed by atoms with Crippen LogP contribution in [-0.4, -0.2) is 62.9 Å². The van der Waals surface area contributed by atoms with Crippen LogP contribution < -0.4 is 0 Å². The second-order valence-electron chi connectivity index (χ2n) is 2.54. The van der Waals surface area contributed by atoms with Gasteiger partial charge in [0.05, 0.1) is 33.5 Å². The van der Waals surface area contributed by atoms with Gasteiger partial charge in [-0.2, -0.15) is 0 Å². The molecule has 0 saturated carbocycles. The Labute approximate surface area is 103 Å². The molecule has 0 fully saturated rings. The second-order valence-corrected chi connectivity index (χ2v) is 2.54. The molecule has 0 aromatic rings. The van der Waals surface area contributed by atoms with Crippen molar-refractivity contribution in [2.75, 3.05) is 46.8 Å². The minimum Gasteiger partial charge on any atom is -0.469 e. The SMILES string of the molecule is CCOCCO.CCOCCO.COC(C)=O. The van der Waals surface area contributed by atoms with Crippen molar-refractivity contribution in [2.45, 2.75) is 20.8 Å². The van der Waals surface area contributed by atoms with Gasteiger partial charge in [0.1, 0.15) is 0 Å². The van der Waals surface area contributed by atoms with Gasteiger partial charge in [0.2, 0.25) is 0 Å². The molecule has 0 spiro atoms. The third-order valence-electron chi connectivity index (χ3n) is 1.17.